The molecule has 1 nitrogen and oxygen atoms in total. The summed E-state index contributed by atoms with van der Waals surface area (Å²) in [7, 11) is 1.51. The van der Waals surface area contributed by atoms with Gasteiger partial charge in [-0.05, 0) is 0 Å². The molecule has 0 aliphatic heterocycles. The van der Waals surface area contributed by atoms with Crippen molar-refractivity contribution in [2.75, 3.05) is 27.8 Å². The molecule has 78 valence electrons. The molecule has 0 unspecified atom stereocenters. The lowest BCUT2D eigenvalue weighted by Gasteiger charge is -2.01. The third-order valence-electron chi connectivity index (χ3n) is 0.308. The van der Waals surface area contributed by atoms with Gasteiger partial charge in [0.1, 0.15) is 6.61 Å². The summed E-state index contributed by atoms with van der Waals surface area (Å²) in [5, 5.41) is 0. The quantitative estimate of drug-likeness (QED) is 0.591. The van der Waals surface area contributed by atoms with Crippen molar-refractivity contribution in [2.45, 2.75) is 6.18 Å². The van der Waals surface area contributed by atoms with Crippen LogP contribution in [0.4, 0.5) is 26.3 Å². The summed E-state index contributed by atoms with van der Waals surface area (Å²) < 4.78 is 65.3. The minimum atomic E-state index is -4.17. The van der Waals surface area contributed by atoms with E-state index >= 15 is 0 Å². The number of methoxy groups -OCH3 is 1. The summed E-state index contributed by atoms with van der Waals surface area (Å²) >= 11 is 0. The van der Waals surface area contributed by atoms with E-state index in [-0.39, 0.29) is 0 Å². The van der Waals surface area contributed by atoms with Gasteiger partial charge in [-0.1, -0.05) is 0 Å². The third-order valence-corrected chi connectivity index (χ3v) is 0.308. The molecule has 0 saturated carbocycles. The Kier molecular flexibility index (Phi) is 19.3. The van der Waals surface area contributed by atoms with Crippen LogP contribution < -0.4 is 0 Å². The van der Waals surface area contributed by atoms with Crippen LogP contribution in [0.1, 0.15) is 0 Å². The second-order valence-corrected chi connectivity index (χ2v) is 1.15. The van der Waals surface area contributed by atoms with Gasteiger partial charge >= 0.3 is 6.18 Å². The highest BCUT2D eigenvalue weighted by atomic mass is 19.4. The monoisotopic (exact) mass is 200 g/mol. The maximum atomic E-state index is 10.9. The van der Waals surface area contributed by atoms with Crippen LogP contribution >= 0.6 is 0 Å². The van der Waals surface area contributed by atoms with Crippen LogP contribution in [0.25, 0.3) is 0 Å². The van der Waals surface area contributed by atoms with Crippen molar-refractivity contribution < 1.29 is 31.1 Å². The highest BCUT2D eigenvalue weighted by Gasteiger charge is 2.26. The van der Waals surface area contributed by atoms with Crippen LogP contribution in [0.15, 0.2) is 0 Å². The number of ether oxygens (including phenoxy) is 1. The maximum Gasteiger partial charge on any atom is 0.411 e. The molecular formula is C5H10F6O. The first kappa shape index (κ1) is 17.6. The van der Waals surface area contributed by atoms with E-state index in [2.05, 4.69) is 4.74 Å². The number of hydrogen-bond acceptors (Lipinski definition) is 1. The Labute approximate surface area is 66.3 Å². The highest BCUT2D eigenvalue weighted by Crippen LogP contribution is 2.13. The zero-order valence-electron chi connectivity index (χ0n) is 6.59. The molecule has 0 aromatic heterocycles. The van der Waals surface area contributed by atoms with E-state index in [0.29, 0.717) is 7.18 Å². The van der Waals surface area contributed by atoms with E-state index in [1.165, 1.54) is 0 Å². The van der Waals surface area contributed by atoms with E-state index in [0.717, 1.165) is 7.11 Å². The van der Waals surface area contributed by atoms with Crippen molar-refractivity contribution >= 4 is 0 Å². The van der Waals surface area contributed by atoms with Crippen molar-refractivity contribution in [1.29, 1.82) is 0 Å². The lowest BCUT2D eigenvalue weighted by Crippen LogP contribution is -2.14. The molecule has 0 rings (SSSR count). The maximum absolute atomic E-state index is 10.9. The van der Waals surface area contributed by atoms with Gasteiger partial charge in [-0.25, -0.2) is 8.78 Å². The average Bonchev–Trinajstić information content (AvgIpc) is 1.91. The third kappa shape index (κ3) is 55.5. The standard InChI is InChI=1S/C3H5F3O.CH2F2.CH3F/c1-7-2-3(4,5)6;2-1-3;1-2/h2H2,1H3;1H2;1H3. The van der Waals surface area contributed by atoms with Crippen molar-refractivity contribution in [3.8, 4) is 0 Å². The van der Waals surface area contributed by atoms with Crippen molar-refractivity contribution in [3.05, 3.63) is 0 Å². The second kappa shape index (κ2) is 13.2. The molecule has 12 heavy (non-hydrogen) atoms. The second-order valence-electron chi connectivity index (χ2n) is 1.15. The largest absolute Gasteiger partial charge is 0.411 e. The lowest BCUT2D eigenvalue weighted by atomic mass is 10.7. The number of alkyl halides is 6. The molecule has 0 saturated heterocycles. The number of halogens is 6. The van der Waals surface area contributed by atoms with Gasteiger partial charge in [0.15, 0.2) is 0 Å². The Bertz CT molecular complexity index is 63.4. The molecule has 0 bridgehead atoms. The van der Waals surface area contributed by atoms with Gasteiger partial charge in [-0.3, -0.25) is 4.39 Å². The molecule has 0 N–H and O–H groups in total. The van der Waals surface area contributed by atoms with Crippen LogP contribution in [0, 0.1) is 0 Å². The molecule has 0 fully saturated rings. The molecule has 7 heteroatoms. The van der Waals surface area contributed by atoms with Gasteiger partial charge in [0.25, 0.3) is 0 Å². The van der Waals surface area contributed by atoms with Crippen molar-refractivity contribution in [2.24, 2.45) is 0 Å². The summed E-state index contributed by atoms with van der Waals surface area (Å²) in [5.41, 5.74) is 0. The van der Waals surface area contributed by atoms with Gasteiger partial charge in [-0.15, -0.1) is 0 Å². The Morgan fingerprint density at radius 3 is 1.33 bits per heavy atom. The first-order valence-corrected chi connectivity index (χ1v) is 2.53. The molecular weight excluding hydrogens is 190 g/mol. The van der Waals surface area contributed by atoms with E-state index in [4.69, 9.17) is 0 Å². The fourth-order valence-electron chi connectivity index (χ4n) is 0.164. The van der Waals surface area contributed by atoms with E-state index < -0.39 is 19.7 Å². The van der Waals surface area contributed by atoms with E-state index in [1.54, 1.807) is 0 Å². The SMILES string of the molecule is CF.COCC(F)(F)F.FCF. The van der Waals surface area contributed by atoms with E-state index in [1.807, 2.05) is 0 Å². The Hall–Kier alpha value is -0.460. The predicted molar refractivity (Wildman–Crippen MR) is 32.0 cm³/mol. The minimum Gasteiger partial charge on any atom is -0.375 e. The van der Waals surface area contributed by atoms with Crippen LogP contribution in [0.5, 0.6) is 0 Å². The summed E-state index contributed by atoms with van der Waals surface area (Å²) in [6.45, 7) is -2.91. The molecule has 0 aliphatic rings. The van der Waals surface area contributed by atoms with Gasteiger partial charge in [0, 0.05) is 7.11 Å². The minimum absolute atomic E-state index is 0.500. The van der Waals surface area contributed by atoms with Crippen LogP contribution in [0.3, 0.4) is 0 Å². The van der Waals surface area contributed by atoms with Crippen molar-refractivity contribution in [3.63, 3.8) is 0 Å². The summed E-state index contributed by atoms with van der Waals surface area (Å²) in [6.07, 6.45) is -4.17. The fourth-order valence-corrected chi connectivity index (χ4v) is 0.164. The summed E-state index contributed by atoms with van der Waals surface area (Å²) in [4.78, 5) is 0. The molecule has 0 aliphatic carbocycles. The van der Waals surface area contributed by atoms with Crippen LogP contribution in [-0.4, -0.2) is 34.0 Å². The molecule has 0 atom stereocenters. The van der Waals surface area contributed by atoms with Gasteiger partial charge < -0.3 is 4.74 Å². The lowest BCUT2D eigenvalue weighted by molar-refractivity contribution is -0.167. The normalized spacial score (nSPS) is 9.00. The molecule has 0 amide bonds. The number of hydrogen-bond donors (Lipinski definition) is 0. The van der Waals surface area contributed by atoms with Gasteiger partial charge in [0.05, 0.1) is 7.18 Å². The predicted octanol–water partition coefficient (Wildman–Crippen LogP) is 2.66. The number of rotatable bonds is 1. The summed E-state index contributed by atoms with van der Waals surface area (Å²) in [5.74, 6) is 0. The zero-order chi connectivity index (χ0) is 10.6. The Morgan fingerprint density at radius 1 is 1.08 bits per heavy atom. The topological polar surface area (TPSA) is 9.23 Å². The smallest absolute Gasteiger partial charge is 0.375 e. The van der Waals surface area contributed by atoms with Gasteiger partial charge in [0.2, 0.25) is 6.93 Å². The zero-order valence-corrected chi connectivity index (χ0v) is 6.59. The molecule has 0 heterocycles. The van der Waals surface area contributed by atoms with Gasteiger partial charge in [-0.2, -0.15) is 13.2 Å². The molecule has 0 aromatic rings. The highest BCUT2D eigenvalue weighted by molar-refractivity contribution is 4.41. The van der Waals surface area contributed by atoms with Crippen LogP contribution in [0.2, 0.25) is 0 Å². The molecule has 0 radical (unpaired) electrons. The first-order chi connectivity index (χ1) is 5.47. The van der Waals surface area contributed by atoms with E-state index in [9.17, 15) is 26.3 Å². The Balaban J connectivity index is -0.000000137. The molecule has 0 spiro atoms. The van der Waals surface area contributed by atoms with Crippen LogP contribution in [-0.2, 0) is 4.74 Å². The first-order valence-electron chi connectivity index (χ1n) is 2.53. The average molecular weight is 200 g/mol. The Morgan fingerprint density at radius 2 is 1.33 bits per heavy atom. The molecule has 0 aromatic carbocycles. The van der Waals surface area contributed by atoms with Crippen molar-refractivity contribution in [1.82, 2.24) is 0 Å². The fraction of sp³-hybridized carbons (Fsp3) is 1.00. The summed E-state index contributed by atoms with van der Waals surface area (Å²) in [6, 6.07) is 0.